The first-order valence-electron chi connectivity index (χ1n) is 7.33. The van der Waals surface area contributed by atoms with Crippen LogP contribution in [0.2, 0.25) is 0 Å². The van der Waals surface area contributed by atoms with Crippen molar-refractivity contribution in [3.8, 4) is 0 Å². The van der Waals surface area contributed by atoms with Crippen molar-refractivity contribution in [1.29, 1.82) is 0 Å². The lowest BCUT2D eigenvalue weighted by atomic mass is 10.1. The van der Waals surface area contributed by atoms with E-state index in [1.54, 1.807) is 13.1 Å². The Morgan fingerprint density at radius 2 is 2.30 bits per heavy atom. The van der Waals surface area contributed by atoms with E-state index < -0.39 is 0 Å². The third-order valence-corrected chi connectivity index (χ3v) is 4.62. The number of aromatic nitrogens is 4. The van der Waals surface area contributed by atoms with E-state index in [0.717, 1.165) is 5.69 Å². The molecule has 0 radical (unpaired) electrons. The molecule has 0 spiro atoms. The highest BCUT2D eigenvalue weighted by atomic mass is 32.1. The second-order valence-corrected chi connectivity index (χ2v) is 6.36. The Kier molecular flexibility index (Phi) is 3.45. The van der Waals surface area contributed by atoms with Crippen LogP contribution in [0.1, 0.15) is 33.7 Å². The SMILES string of the molecule is Cc1noc(C2CN(C(=O)c3ccsc3)Cc3ccnn3C2)n1. The Morgan fingerprint density at radius 1 is 1.39 bits per heavy atom. The van der Waals surface area contributed by atoms with Gasteiger partial charge >= 0.3 is 0 Å². The van der Waals surface area contributed by atoms with Crippen LogP contribution < -0.4 is 0 Å². The van der Waals surface area contributed by atoms with Crippen molar-refractivity contribution in [3.63, 3.8) is 0 Å². The van der Waals surface area contributed by atoms with E-state index >= 15 is 0 Å². The molecule has 0 saturated heterocycles. The first kappa shape index (κ1) is 14.1. The fourth-order valence-electron chi connectivity index (χ4n) is 2.81. The summed E-state index contributed by atoms with van der Waals surface area (Å²) in [6.45, 7) is 3.46. The zero-order valence-corrected chi connectivity index (χ0v) is 13.4. The third-order valence-electron chi connectivity index (χ3n) is 3.94. The van der Waals surface area contributed by atoms with Crippen molar-refractivity contribution in [3.05, 3.63) is 52.1 Å². The maximum atomic E-state index is 12.8. The van der Waals surface area contributed by atoms with Gasteiger partial charge in [0.1, 0.15) is 0 Å². The molecule has 0 aromatic carbocycles. The summed E-state index contributed by atoms with van der Waals surface area (Å²) in [5.41, 5.74) is 1.72. The molecule has 0 saturated carbocycles. The molecule has 23 heavy (non-hydrogen) atoms. The van der Waals surface area contributed by atoms with Gasteiger partial charge in [-0.05, 0) is 24.4 Å². The predicted octanol–water partition coefficient (Wildman–Crippen LogP) is 2.08. The van der Waals surface area contributed by atoms with Gasteiger partial charge in [-0.1, -0.05) is 5.16 Å². The number of fused-ring (bicyclic) bond motifs is 1. The average molecular weight is 329 g/mol. The smallest absolute Gasteiger partial charge is 0.255 e. The standard InChI is InChI=1S/C15H15N5O2S/c1-10-17-14(22-18-10)12-6-19(15(21)11-3-5-23-9-11)8-13-2-4-16-20(13)7-12/h2-5,9,12H,6-8H2,1H3. The first-order chi connectivity index (χ1) is 11.2. The van der Waals surface area contributed by atoms with Crippen molar-refractivity contribution in [1.82, 2.24) is 24.8 Å². The van der Waals surface area contributed by atoms with Crippen LogP contribution in [0.3, 0.4) is 0 Å². The van der Waals surface area contributed by atoms with Gasteiger partial charge in [0.25, 0.3) is 5.91 Å². The molecule has 1 unspecified atom stereocenters. The van der Waals surface area contributed by atoms with Gasteiger partial charge in [-0.15, -0.1) is 0 Å². The summed E-state index contributed by atoms with van der Waals surface area (Å²) in [5.74, 6) is 1.09. The minimum atomic E-state index is -0.0695. The predicted molar refractivity (Wildman–Crippen MR) is 83.1 cm³/mol. The molecule has 1 aliphatic heterocycles. The van der Waals surface area contributed by atoms with Gasteiger partial charge in [0.15, 0.2) is 5.82 Å². The van der Waals surface area contributed by atoms with Gasteiger partial charge < -0.3 is 9.42 Å². The second kappa shape index (κ2) is 5.62. The van der Waals surface area contributed by atoms with Gasteiger partial charge in [0.2, 0.25) is 5.89 Å². The summed E-state index contributed by atoms with van der Waals surface area (Å²) in [6.07, 6.45) is 1.75. The first-order valence-corrected chi connectivity index (χ1v) is 8.27. The topological polar surface area (TPSA) is 77.0 Å². The van der Waals surface area contributed by atoms with E-state index in [-0.39, 0.29) is 11.8 Å². The lowest BCUT2D eigenvalue weighted by Crippen LogP contribution is -2.33. The number of aryl methyl sites for hydroxylation is 1. The Labute approximate surface area is 136 Å². The number of hydrogen-bond donors (Lipinski definition) is 0. The molecule has 4 rings (SSSR count). The maximum absolute atomic E-state index is 12.8. The van der Waals surface area contributed by atoms with Crippen LogP contribution >= 0.6 is 11.3 Å². The number of amides is 1. The highest BCUT2D eigenvalue weighted by molar-refractivity contribution is 7.08. The summed E-state index contributed by atoms with van der Waals surface area (Å²) in [4.78, 5) is 18.9. The molecule has 3 aromatic rings. The zero-order valence-electron chi connectivity index (χ0n) is 12.5. The molecule has 0 bridgehead atoms. The lowest BCUT2D eigenvalue weighted by molar-refractivity contribution is 0.0732. The quantitative estimate of drug-likeness (QED) is 0.719. The molecular formula is C15H15N5O2S. The summed E-state index contributed by atoms with van der Waals surface area (Å²) in [6, 6.07) is 3.79. The minimum Gasteiger partial charge on any atom is -0.339 e. The number of hydrogen-bond acceptors (Lipinski definition) is 6. The molecule has 1 atom stereocenters. The second-order valence-electron chi connectivity index (χ2n) is 5.58. The van der Waals surface area contributed by atoms with Crippen LogP contribution in [0.4, 0.5) is 0 Å². The number of carbonyl (C=O) groups excluding carboxylic acids is 1. The van der Waals surface area contributed by atoms with Crippen LogP contribution in [0, 0.1) is 6.92 Å². The van der Waals surface area contributed by atoms with Gasteiger partial charge in [0.05, 0.1) is 30.3 Å². The van der Waals surface area contributed by atoms with Crippen molar-refractivity contribution in [2.45, 2.75) is 25.9 Å². The van der Waals surface area contributed by atoms with Crippen molar-refractivity contribution >= 4 is 17.2 Å². The zero-order chi connectivity index (χ0) is 15.8. The molecule has 1 amide bonds. The van der Waals surface area contributed by atoms with E-state index in [9.17, 15) is 4.79 Å². The highest BCUT2D eigenvalue weighted by Gasteiger charge is 2.30. The number of nitrogens with zero attached hydrogens (tertiary/aromatic N) is 5. The monoisotopic (exact) mass is 329 g/mol. The number of thiophene rings is 1. The van der Waals surface area contributed by atoms with Crippen LogP contribution in [0.25, 0.3) is 0 Å². The third kappa shape index (κ3) is 2.65. The summed E-state index contributed by atoms with van der Waals surface area (Å²) in [5, 5.41) is 12.0. The largest absolute Gasteiger partial charge is 0.339 e. The molecule has 3 aromatic heterocycles. The van der Waals surface area contributed by atoms with Crippen molar-refractivity contribution < 1.29 is 9.32 Å². The Hall–Kier alpha value is -2.48. The van der Waals surface area contributed by atoms with Crippen molar-refractivity contribution in [2.24, 2.45) is 0 Å². The summed E-state index contributed by atoms with van der Waals surface area (Å²) < 4.78 is 7.24. The van der Waals surface area contributed by atoms with Crippen LogP contribution in [-0.4, -0.2) is 37.3 Å². The van der Waals surface area contributed by atoms with E-state index in [4.69, 9.17) is 4.52 Å². The van der Waals surface area contributed by atoms with Crippen molar-refractivity contribution in [2.75, 3.05) is 6.54 Å². The normalized spacial score (nSPS) is 17.8. The van der Waals surface area contributed by atoms with Gasteiger partial charge in [-0.25, -0.2) is 0 Å². The summed E-state index contributed by atoms with van der Waals surface area (Å²) >= 11 is 1.52. The van der Waals surface area contributed by atoms with Gasteiger partial charge in [-0.3, -0.25) is 9.48 Å². The molecule has 8 heteroatoms. The molecule has 1 aliphatic rings. The fraction of sp³-hybridized carbons (Fsp3) is 0.333. The Bertz CT molecular complexity index is 823. The molecular weight excluding hydrogens is 314 g/mol. The fourth-order valence-corrected chi connectivity index (χ4v) is 3.44. The molecule has 0 fully saturated rings. The van der Waals surface area contributed by atoms with Crippen LogP contribution in [0.15, 0.2) is 33.6 Å². The molecule has 118 valence electrons. The lowest BCUT2D eigenvalue weighted by Gasteiger charge is -2.22. The minimum absolute atomic E-state index is 0.0159. The van der Waals surface area contributed by atoms with E-state index in [0.29, 0.717) is 36.9 Å². The molecule has 0 aliphatic carbocycles. The van der Waals surface area contributed by atoms with Crippen LogP contribution in [0.5, 0.6) is 0 Å². The van der Waals surface area contributed by atoms with E-state index in [1.807, 2.05) is 32.5 Å². The van der Waals surface area contributed by atoms with Gasteiger partial charge in [0, 0.05) is 18.1 Å². The maximum Gasteiger partial charge on any atom is 0.255 e. The molecule has 4 heterocycles. The average Bonchev–Trinajstić information content (AvgIpc) is 3.27. The van der Waals surface area contributed by atoms with E-state index in [2.05, 4.69) is 15.2 Å². The summed E-state index contributed by atoms with van der Waals surface area (Å²) in [7, 11) is 0. The van der Waals surface area contributed by atoms with E-state index in [1.165, 1.54) is 11.3 Å². The number of rotatable bonds is 2. The van der Waals surface area contributed by atoms with Crippen LogP contribution in [-0.2, 0) is 13.1 Å². The molecule has 7 nitrogen and oxygen atoms in total. The Morgan fingerprint density at radius 3 is 3.04 bits per heavy atom. The Balaban J connectivity index is 1.68. The molecule has 0 N–H and O–H groups in total. The number of carbonyl (C=O) groups is 1. The van der Waals surface area contributed by atoms with Gasteiger partial charge in [-0.2, -0.15) is 21.4 Å². The highest BCUT2D eigenvalue weighted by Crippen LogP contribution is 2.25.